The Kier molecular flexibility index (Phi) is 2.58. The molecule has 2 aromatic rings. The zero-order valence-corrected chi connectivity index (χ0v) is 10.2. The third kappa shape index (κ3) is 1.75. The molecule has 0 aliphatic carbocycles. The van der Waals surface area contributed by atoms with Crippen molar-refractivity contribution in [1.29, 1.82) is 0 Å². The fourth-order valence-corrected chi connectivity index (χ4v) is 1.92. The number of ether oxygens (including phenoxy) is 1. The van der Waals surface area contributed by atoms with E-state index in [9.17, 15) is 0 Å². The molecule has 0 bridgehead atoms. The van der Waals surface area contributed by atoms with Crippen LogP contribution in [-0.2, 0) is 5.41 Å². The molecule has 1 aromatic heterocycles. The van der Waals surface area contributed by atoms with Crippen molar-refractivity contribution >= 4 is 10.9 Å². The zero-order valence-electron chi connectivity index (χ0n) is 10.2. The van der Waals surface area contributed by atoms with Crippen molar-refractivity contribution in [2.24, 2.45) is 0 Å². The molecule has 0 fully saturated rings. The second-order valence-electron chi connectivity index (χ2n) is 4.97. The largest absolute Gasteiger partial charge is 0.494 e. The third-order valence-corrected chi connectivity index (χ3v) is 2.74. The van der Waals surface area contributed by atoms with Crippen LogP contribution in [0.25, 0.3) is 10.9 Å². The first-order valence-corrected chi connectivity index (χ1v) is 5.46. The number of aromatic nitrogens is 1. The average molecular weight is 215 g/mol. The lowest BCUT2D eigenvalue weighted by Crippen LogP contribution is -2.13. The second kappa shape index (κ2) is 3.78. The molecule has 0 atom stereocenters. The van der Waals surface area contributed by atoms with E-state index in [1.807, 2.05) is 6.07 Å². The van der Waals surface area contributed by atoms with E-state index in [4.69, 9.17) is 4.74 Å². The van der Waals surface area contributed by atoms with E-state index in [2.05, 4.69) is 44.0 Å². The standard InChI is InChI=1S/C14H17NO/c1-14(2,3)11-8-7-10-6-5-9-15-12(10)13(11)16-4/h5-9H,1-4H3. The van der Waals surface area contributed by atoms with Gasteiger partial charge < -0.3 is 4.74 Å². The number of pyridine rings is 1. The zero-order chi connectivity index (χ0) is 11.8. The number of nitrogens with zero attached hydrogens (tertiary/aromatic N) is 1. The fraction of sp³-hybridized carbons (Fsp3) is 0.357. The van der Waals surface area contributed by atoms with E-state index in [0.717, 1.165) is 16.7 Å². The van der Waals surface area contributed by atoms with Crippen LogP contribution in [0.1, 0.15) is 26.3 Å². The Hall–Kier alpha value is -1.57. The first-order valence-electron chi connectivity index (χ1n) is 5.46. The van der Waals surface area contributed by atoms with Crippen molar-refractivity contribution in [3.05, 3.63) is 36.0 Å². The molecule has 1 heterocycles. The minimum Gasteiger partial charge on any atom is -0.494 e. The summed E-state index contributed by atoms with van der Waals surface area (Å²) in [5, 5.41) is 1.12. The van der Waals surface area contributed by atoms with E-state index >= 15 is 0 Å². The molecule has 0 amide bonds. The molecule has 0 spiro atoms. The van der Waals surface area contributed by atoms with Crippen molar-refractivity contribution < 1.29 is 4.74 Å². The van der Waals surface area contributed by atoms with Crippen molar-refractivity contribution in [3.63, 3.8) is 0 Å². The molecule has 2 heteroatoms. The second-order valence-corrected chi connectivity index (χ2v) is 4.97. The van der Waals surface area contributed by atoms with Crippen molar-refractivity contribution in [2.75, 3.05) is 7.11 Å². The Balaban J connectivity index is 2.78. The summed E-state index contributed by atoms with van der Waals surface area (Å²) in [6.45, 7) is 6.54. The van der Waals surface area contributed by atoms with Gasteiger partial charge in [-0.05, 0) is 11.5 Å². The van der Waals surface area contributed by atoms with Crippen LogP contribution in [0.5, 0.6) is 5.75 Å². The molecule has 0 N–H and O–H groups in total. The van der Waals surface area contributed by atoms with Crippen molar-refractivity contribution in [1.82, 2.24) is 4.98 Å². The Morgan fingerprint density at radius 2 is 1.88 bits per heavy atom. The summed E-state index contributed by atoms with van der Waals surface area (Å²) in [4.78, 5) is 4.40. The predicted octanol–water partition coefficient (Wildman–Crippen LogP) is 3.54. The van der Waals surface area contributed by atoms with Gasteiger partial charge in [-0.25, -0.2) is 0 Å². The van der Waals surface area contributed by atoms with E-state index < -0.39 is 0 Å². The number of fused-ring (bicyclic) bond motifs is 1. The minimum absolute atomic E-state index is 0.0665. The Bertz CT molecular complexity index is 512. The van der Waals surface area contributed by atoms with Crippen LogP contribution < -0.4 is 4.74 Å². The lowest BCUT2D eigenvalue weighted by atomic mass is 9.85. The molecule has 0 saturated heterocycles. The molecular formula is C14H17NO. The topological polar surface area (TPSA) is 22.1 Å². The van der Waals surface area contributed by atoms with Gasteiger partial charge in [0.15, 0.2) is 0 Å². The maximum atomic E-state index is 5.52. The molecular weight excluding hydrogens is 198 g/mol. The van der Waals surface area contributed by atoms with Crippen LogP contribution in [-0.4, -0.2) is 12.1 Å². The third-order valence-electron chi connectivity index (χ3n) is 2.74. The molecule has 0 aliphatic heterocycles. The molecule has 0 saturated carbocycles. The van der Waals surface area contributed by atoms with Crippen LogP contribution in [0.2, 0.25) is 0 Å². The predicted molar refractivity (Wildman–Crippen MR) is 67.0 cm³/mol. The maximum absolute atomic E-state index is 5.52. The number of rotatable bonds is 1. The van der Waals surface area contributed by atoms with E-state index in [1.54, 1.807) is 13.3 Å². The summed E-state index contributed by atoms with van der Waals surface area (Å²) in [6, 6.07) is 8.23. The van der Waals surface area contributed by atoms with E-state index in [-0.39, 0.29) is 5.41 Å². The van der Waals surface area contributed by atoms with Crippen molar-refractivity contribution in [2.45, 2.75) is 26.2 Å². The molecule has 0 aliphatic rings. The van der Waals surface area contributed by atoms with Gasteiger partial charge in [0.2, 0.25) is 0 Å². The Labute approximate surface area is 96.3 Å². The van der Waals surface area contributed by atoms with Gasteiger partial charge in [0, 0.05) is 17.1 Å². The van der Waals surface area contributed by atoms with Gasteiger partial charge >= 0.3 is 0 Å². The highest BCUT2D eigenvalue weighted by molar-refractivity contribution is 5.86. The molecule has 0 radical (unpaired) electrons. The molecule has 0 unspecified atom stereocenters. The monoisotopic (exact) mass is 215 g/mol. The highest BCUT2D eigenvalue weighted by Crippen LogP contribution is 2.35. The van der Waals surface area contributed by atoms with Crippen LogP contribution >= 0.6 is 0 Å². The van der Waals surface area contributed by atoms with Gasteiger partial charge in [-0.1, -0.05) is 39.0 Å². The van der Waals surface area contributed by atoms with Gasteiger partial charge in [0.1, 0.15) is 11.3 Å². The number of hydrogen-bond acceptors (Lipinski definition) is 2. The van der Waals surface area contributed by atoms with Crippen LogP contribution in [0.4, 0.5) is 0 Å². The summed E-state index contributed by atoms with van der Waals surface area (Å²) < 4.78 is 5.52. The molecule has 84 valence electrons. The van der Waals surface area contributed by atoms with Gasteiger partial charge in [-0.2, -0.15) is 0 Å². The van der Waals surface area contributed by atoms with Gasteiger partial charge in [0.25, 0.3) is 0 Å². The van der Waals surface area contributed by atoms with Crippen molar-refractivity contribution in [3.8, 4) is 5.75 Å². The van der Waals surface area contributed by atoms with Crippen LogP contribution in [0.3, 0.4) is 0 Å². The summed E-state index contributed by atoms with van der Waals surface area (Å²) in [5.41, 5.74) is 2.20. The Morgan fingerprint density at radius 1 is 1.12 bits per heavy atom. The van der Waals surface area contributed by atoms with Crippen LogP contribution in [0, 0.1) is 0 Å². The lowest BCUT2D eigenvalue weighted by Gasteiger charge is -2.22. The molecule has 16 heavy (non-hydrogen) atoms. The van der Waals surface area contributed by atoms with E-state index in [1.165, 1.54) is 5.56 Å². The first-order chi connectivity index (χ1) is 7.54. The number of hydrogen-bond donors (Lipinski definition) is 0. The SMILES string of the molecule is COc1c(C(C)(C)C)ccc2cccnc12. The smallest absolute Gasteiger partial charge is 0.148 e. The highest BCUT2D eigenvalue weighted by atomic mass is 16.5. The Morgan fingerprint density at radius 3 is 2.50 bits per heavy atom. The minimum atomic E-state index is 0.0665. The van der Waals surface area contributed by atoms with E-state index in [0.29, 0.717) is 0 Å². The summed E-state index contributed by atoms with van der Waals surface area (Å²) >= 11 is 0. The van der Waals surface area contributed by atoms with Gasteiger partial charge in [0.05, 0.1) is 7.11 Å². The van der Waals surface area contributed by atoms with Gasteiger partial charge in [-0.15, -0.1) is 0 Å². The highest BCUT2D eigenvalue weighted by Gasteiger charge is 2.20. The first kappa shape index (κ1) is 10.9. The van der Waals surface area contributed by atoms with Gasteiger partial charge in [-0.3, -0.25) is 4.98 Å². The fourth-order valence-electron chi connectivity index (χ4n) is 1.92. The lowest BCUT2D eigenvalue weighted by molar-refractivity contribution is 0.402. The molecule has 1 aromatic carbocycles. The number of methoxy groups -OCH3 is 1. The normalized spacial score (nSPS) is 11.8. The average Bonchev–Trinajstić information content (AvgIpc) is 2.26. The molecule has 2 nitrogen and oxygen atoms in total. The molecule has 2 rings (SSSR count). The van der Waals surface area contributed by atoms with Crippen LogP contribution in [0.15, 0.2) is 30.5 Å². The summed E-state index contributed by atoms with van der Waals surface area (Å²) in [6.07, 6.45) is 1.80. The quantitative estimate of drug-likeness (QED) is 0.726. The number of benzene rings is 1. The maximum Gasteiger partial charge on any atom is 0.148 e. The summed E-state index contributed by atoms with van der Waals surface area (Å²) in [5.74, 6) is 0.894. The summed E-state index contributed by atoms with van der Waals surface area (Å²) in [7, 11) is 1.71.